The maximum absolute atomic E-state index is 12.7. The number of aromatic nitrogens is 2. The third kappa shape index (κ3) is 2.11. The first-order chi connectivity index (χ1) is 9.18. The highest BCUT2D eigenvalue weighted by Gasteiger charge is 2.37. The number of carbonyl (C=O) groups is 1. The van der Waals surface area contributed by atoms with Crippen molar-refractivity contribution in [2.45, 2.75) is 44.6 Å². The van der Waals surface area contributed by atoms with E-state index >= 15 is 0 Å². The molecule has 1 aliphatic carbocycles. The van der Waals surface area contributed by atoms with Gasteiger partial charge in [0.2, 0.25) is 0 Å². The van der Waals surface area contributed by atoms with Crippen LogP contribution >= 0.6 is 0 Å². The van der Waals surface area contributed by atoms with E-state index in [0.717, 1.165) is 19.4 Å². The summed E-state index contributed by atoms with van der Waals surface area (Å²) in [6.07, 6.45) is 9.01. The molecule has 2 N–H and O–H groups in total. The van der Waals surface area contributed by atoms with E-state index in [1.807, 2.05) is 4.90 Å². The minimum absolute atomic E-state index is 0.0619. The summed E-state index contributed by atoms with van der Waals surface area (Å²) < 4.78 is 1.60. The Kier molecular flexibility index (Phi) is 3.21. The molecule has 1 unspecified atom stereocenters. The SMILES string of the molecule is Cn1ncc(N)c1C(=O)N1CCCC1C1CCCC1. The molecule has 3 rings (SSSR count). The number of anilines is 1. The molecule has 1 saturated heterocycles. The van der Waals surface area contributed by atoms with Gasteiger partial charge in [0.05, 0.1) is 11.9 Å². The van der Waals surface area contributed by atoms with Crippen molar-refractivity contribution in [1.29, 1.82) is 0 Å². The second kappa shape index (κ2) is 4.87. The smallest absolute Gasteiger partial charge is 0.274 e. The van der Waals surface area contributed by atoms with Gasteiger partial charge in [0.15, 0.2) is 0 Å². The monoisotopic (exact) mass is 262 g/mol. The van der Waals surface area contributed by atoms with Crippen LogP contribution in [-0.2, 0) is 7.05 Å². The Hall–Kier alpha value is -1.52. The first kappa shape index (κ1) is 12.5. The summed E-state index contributed by atoms with van der Waals surface area (Å²) in [5.41, 5.74) is 6.91. The topological polar surface area (TPSA) is 64.2 Å². The number of amides is 1. The third-order valence-corrected chi connectivity index (χ3v) is 4.67. The molecule has 104 valence electrons. The van der Waals surface area contributed by atoms with E-state index in [2.05, 4.69) is 5.10 Å². The second-order valence-corrected chi connectivity index (χ2v) is 5.82. The number of nitrogens with two attached hydrogens (primary N) is 1. The maximum atomic E-state index is 12.7. The van der Waals surface area contributed by atoms with Gasteiger partial charge >= 0.3 is 0 Å². The normalized spacial score (nSPS) is 24.3. The van der Waals surface area contributed by atoms with Gasteiger partial charge in [-0.25, -0.2) is 0 Å². The highest BCUT2D eigenvalue weighted by Crippen LogP contribution is 2.36. The fourth-order valence-corrected chi connectivity index (χ4v) is 3.73. The predicted molar refractivity (Wildman–Crippen MR) is 73.6 cm³/mol. The van der Waals surface area contributed by atoms with Crippen molar-refractivity contribution in [3.8, 4) is 0 Å². The first-order valence-electron chi connectivity index (χ1n) is 7.27. The first-order valence-corrected chi connectivity index (χ1v) is 7.27. The van der Waals surface area contributed by atoms with Crippen LogP contribution in [0, 0.1) is 5.92 Å². The van der Waals surface area contributed by atoms with Gasteiger partial charge in [-0.2, -0.15) is 5.10 Å². The third-order valence-electron chi connectivity index (χ3n) is 4.67. The van der Waals surface area contributed by atoms with Crippen LogP contribution in [0.5, 0.6) is 0 Å². The van der Waals surface area contributed by atoms with E-state index in [9.17, 15) is 4.79 Å². The molecule has 5 nitrogen and oxygen atoms in total. The zero-order valence-corrected chi connectivity index (χ0v) is 11.5. The predicted octanol–water partition coefficient (Wildman–Crippen LogP) is 1.80. The van der Waals surface area contributed by atoms with Crippen LogP contribution in [0.4, 0.5) is 5.69 Å². The van der Waals surface area contributed by atoms with E-state index in [1.165, 1.54) is 25.7 Å². The molecule has 1 amide bonds. The molecular weight excluding hydrogens is 240 g/mol. The Morgan fingerprint density at radius 2 is 2.05 bits per heavy atom. The molecule has 0 bridgehead atoms. The lowest BCUT2D eigenvalue weighted by molar-refractivity contribution is 0.0679. The number of hydrogen-bond acceptors (Lipinski definition) is 3. The molecule has 0 spiro atoms. The van der Waals surface area contributed by atoms with Gasteiger partial charge in [-0.3, -0.25) is 9.48 Å². The highest BCUT2D eigenvalue weighted by atomic mass is 16.2. The van der Waals surface area contributed by atoms with Crippen molar-refractivity contribution in [1.82, 2.24) is 14.7 Å². The number of carbonyl (C=O) groups excluding carboxylic acids is 1. The summed E-state index contributed by atoms with van der Waals surface area (Å²) >= 11 is 0. The van der Waals surface area contributed by atoms with Crippen molar-refractivity contribution < 1.29 is 4.79 Å². The van der Waals surface area contributed by atoms with E-state index in [1.54, 1.807) is 17.9 Å². The molecule has 1 saturated carbocycles. The fraction of sp³-hybridized carbons (Fsp3) is 0.714. The summed E-state index contributed by atoms with van der Waals surface area (Å²) in [6.45, 7) is 0.866. The van der Waals surface area contributed by atoms with Crippen LogP contribution in [0.1, 0.15) is 49.0 Å². The highest BCUT2D eigenvalue weighted by molar-refractivity contribution is 5.97. The molecular formula is C14H22N4O. The van der Waals surface area contributed by atoms with Crippen LogP contribution < -0.4 is 5.73 Å². The molecule has 1 atom stereocenters. The van der Waals surface area contributed by atoms with Crippen molar-refractivity contribution in [3.05, 3.63) is 11.9 Å². The van der Waals surface area contributed by atoms with Crippen molar-refractivity contribution in [2.24, 2.45) is 13.0 Å². The molecule has 0 radical (unpaired) electrons. The lowest BCUT2D eigenvalue weighted by Gasteiger charge is -2.29. The summed E-state index contributed by atoms with van der Waals surface area (Å²) in [5.74, 6) is 0.757. The summed E-state index contributed by atoms with van der Waals surface area (Å²) in [6, 6.07) is 0.421. The molecule has 2 heterocycles. The number of hydrogen-bond donors (Lipinski definition) is 1. The Morgan fingerprint density at radius 3 is 2.68 bits per heavy atom. The molecule has 2 fully saturated rings. The fourth-order valence-electron chi connectivity index (χ4n) is 3.73. The van der Waals surface area contributed by atoms with E-state index in [-0.39, 0.29) is 5.91 Å². The Labute approximate surface area is 113 Å². The van der Waals surface area contributed by atoms with Gasteiger partial charge in [-0.15, -0.1) is 0 Å². The average Bonchev–Trinajstić information content (AvgIpc) is 3.08. The van der Waals surface area contributed by atoms with E-state index in [0.29, 0.717) is 23.3 Å². The summed E-state index contributed by atoms with van der Waals surface area (Å²) in [4.78, 5) is 14.7. The number of nitrogen functional groups attached to an aromatic ring is 1. The van der Waals surface area contributed by atoms with Gasteiger partial charge in [0.25, 0.3) is 5.91 Å². The van der Waals surface area contributed by atoms with E-state index in [4.69, 9.17) is 5.73 Å². The van der Waals surface area contributed by atoms with Crippen molar-refractivity contribution in [2.75, 3.05) is 12.3 Å². The zero-order valence-electron chi connectivity index (χ0n) is 11.5. The Balaban J connectivity index is 1.82. The van der Waals surface area contributed by atoms with Gasteiger partial charge in [0.1, 0.15) is 5.69 Å². The van der Waals surface area contributed by atoms with Gasteiger partial charge < -0.3 is 10.6 Å². The molecule has 5 heteroatoms. The zero-order chi connectivity index (χ0) is 13.4. The van der Waals surface area contributed by atoms with Gasteiger partial charge in [-0.05, 0) is 31.6 Å². The molecule has 0 aromatic carbocycles. The molecule has 1 aliphatic heterocycles. The van der Waals surface area contributed by atoms with Crippen LogP contribution in [0.2, 0.25) is 0 Å². The molecule has 1 aromatic heterocycles. The van der Waals surface area contributed by atoms with Crippen molar-refractivity contribution in [3.63, 3.8) is 0 Å². The summed E-state index contributed by atoms with van der Waals surface area (Å²) in [7, 11) is 1.78. The lowest BCUT2D eigenvalue weighted by Crippen LogP contribution is -2.40. The number of nitrogens with zero attached hydrogens (tertiary/aromatic N) is 3. The minimum Gasteiger partial charge on any atom is -0.396 e. The van der Waals surface area contributed by atoms with Crippen LogP contribution in [0.15, 0.2) is 6.20 Å². The maximum Gasteiger partial charge on any atom is 0.274 e. The summed E-state index contributed by atoms with van der Waals surface area (Å²) in [5, 5.41) is 4.08. The van der Waals surface area contributed by atoms with Gasteiger partial charge in [0, 0.05) is 19.6 Å². The van der Waals surface area contributed by atoms with Crippen LogP contribution in [-0.4, -0.2) is 33.2 Å². The van der Waals surface area contributed by atoms with Crippen molar-refractivity contribution >= 4 is 11.6 Å². The Bertz CT molecular complexity index is 456. The Morgan fingerprint density at radius 1 is 1.32 bits per heavy atom. The standard InChI is InChI=1S/C14H22N4O/c1-17-13(11(15)9-16-17)14(19)18-8-4-7-12(18)10-5-2-3-6-10/h9-10,12H,2-8,15H2,1H3. The average molecular weight is 262 g/mol. The number of rotatable bonds is 2. The molecule has 1 aromatic rings. The lowest BCUT2D eigenvalue weighted by atomic mass is 9.96. The second-order valence-electron chi connectivity index (χ2n) is 5.82. The van der Waals surface area contributed by atoms with Gasteiger partial charge in [-0.1, -0.05) is 12.8 Å². The largest absolute Gasteiger partial charge is 0.396 e. The molecule has 19 heavy (non-hydrogen) atoms. The number of likely N-dealkylation sites (tertiary alicyclic amines) is 1. The van der Waals surface area contributed by atoms with E-state index < -0.39 is 0 Å². The quantitative estimate of drug-likeness (QED) is 0.884. The minimum atomic E-state index is 0.0619. The van der Waals surface area contributed by atoms with Crippen LogP contribution in [0.3, 0.4) is 0 Å². The molecule has 2 aliphatic rings. The number of aryl methyl sites for hydroxylation is 1. The van der Waals surface area contributed by atoms with Crippen LogP contribution in [0.25, 0.3) is 0 Å².